The van der Waals surface area contributed by atoms with Gasteiger partial charge in [-0.1, -0.05) is 23.2 Å². The van der Waals surface area contributed by atoms with Gasteiger partial charge in [-0.25, -0.2) is 4.79 Å². The minimum Gasteiger partial charge on any atom is -0.465 e. The number of fused-ring (bicyclic) bond motifs is 1. The summed E-state index contributed by atoms with van der Waals surface area (Å²) in [5, 5.41) is 21.6. The molecule has 3 heterocycles. The van der Waals surface area contributed by atoms with Crippen molar-refractivity contribution in [1.82, 2.24) is 19.4 Å². The molecule has 12 heteroatoms. The molecule has 0 radical (unpaired) electrons. The molecule has 1 aromatic carbocycles. The highest BCUT2D eigenvalue weighted by atomic mass is 35.5. The molecule has 0 spiro atoms. The molecule has 166 valence electrons. The van der Waals surface area contributed by atoms with E-state index in [-0.39, 0.29) is 17.9 Å². The molecule has 0 aliphatic carbocycles. The Morgan fingerprint density at radius 1 is 1.35 bits per heavy atom. The van der Waals surface area contributed by atoms with Crippen LogP contribution in [0.2, 0.25) is 10.0 Å². The van der Waals surface area contributed by atoms with Gasteiger partial charge in [0.2, 0.25) is 0 Å². The van der Waals surface area contributed by atoms with Crippen LogP contribution in [-0.4, -0.2) is 73.3 Å². The second-order valence-electron chi connectivity index (χ2n) is 8.17. The first-order valence-electron chi connectivity index (χ1n) is 9.69. The minimum absolute atomic E-state index is 0.225. The normalized spacial score (nSPS) is 23.5. The number of piperazine rings is 1. The highest BCUT2D eigenvalue weighted by molar-refractivity contribution is 6.34. The van der Waals surface area contributed by atoms with Crippen LogP contribution < -0.4 is 4.74 Å². The Morgan fingerprint density at radius 2 is 2.06 bits per heavy atom. The molecule has 1 N–H and O–H groups in total. The number of benzene rings is 1. The Morgan fingerprint density at radius 3 is 2.68 bits per heavy atom. The molecule has 31 heavy (non-hydrogen) atoms. The van der Waals surface area contributed by atoms with Crippen LogP contribution in [0.25, 0.3) is 0 Å². The lowest BCUT2D eigenvalue weighted by molar-refractivity contribution is -0.389. The van der Waals surface area contributed by atoms with Crippen molar-refractivity contribution in [1.29, 1.82) is 0 Å². The third-order valence-corrected chi connectivity index (χ3v) is 5.96. The first-order valence-corrected chi connectivity index (χ1v) is 10.4. The second-order valence-corrected chi connectivity index (χ2v) is 9.04. The SMILES string of the molecule is CC1(CN2CCN(C(=O)O)C(Cc3cc(Cl)cc(Cl)c3)C2)Cn2cc([N+](=O)[O-])nc2O1. The minimum atomic E-state index is -0.964. The Bertz CT molecular complexity index is 985. The molecule has 2 aliphatic rings. The molecule has 4 rings (SSSR count). The predicted molar refractivity (Wildman–Crippen MR) is 113 cm³/mol. The summed E-state index contributed by atoms with van der Waals surface area (Å²) in [5.41, 5.74) is 0.249. The Kier molecular flexibility index (Phi) is 5.71. The molecular formula is C19H21Cl2N5O5. The summed E-state index contributed by atoms with van der Waals surface area (Å²) in [6.45, 7) is 4.31. The lowest BCUT2D eigenvalue weighted by Gasteiger charge is -2.42. The number of nitro groups is 1. The van der Waals surface area contributed by atoms with Gasteiger partial charge in [0.1, 0.15) is 11.8 Å². The van der Waals surface area contributed by atoms with E-state index >= 15 is 0 Å². The molecule has 1 saturated heterocycles. The maximum atomic E-state index is 11.8. The van der Waals surface area contributed by atoms with Crippen molar-refractivity contribution in [2.75, 3.05) is 26.2 Å². The number of ether oxygens (including phenoxy) is 1. The van der Waals surface area contributed by atoms with Crippen molar-refractivity contribution < 1.29 is 19.6 Å². The van der Waals surface area contributed by atoms with Crippen molar-refractivity contribution in [3.63, 3.8) is 0 Å². The molecule has 2 unspecified atom stereocenters. The molecule has 2 aliphatic heterocycles. The number of carboxylic acid groups (broad SMARTS) is 1. The quantitative estimate of drug-likeness (QED) is 0.528. The zero-order chi connectivity index (χ0) is 22.3. The van der Waals surface area contributed by atoms with Gasteiger partial charge in [0.15, 0.2) is 0 Å². The number of nitrogens with zero attached hydrogens (tertiary/aromatic N) is 5. The highest BCUT2D eigenvalue weighted by Gasteiger charge is 2.43. The fourth-order valence-electron chi connectivity index (χ4n) is 4.33. The number of hydrogen-bond acceptors (Lipinski definition) is 6. The van der Waals surface area contributed by atoms with Gasteiger partial charge in [0.25, 0.3) is 0 Å². The molecule has 2 atom stereocenters. The Balaban J connectivity index is 1.45. The van der Waals surface area contributed by atoms with Crippen LogP contribution in [0.1, 0.15) is 12.5 Å². The van der Waals surface area contributed by atoms with Gasteiger partial charge >= 0.3 is 17.9 Å². The number of aromatic nitrogens is 2. The lowest BCUT2D eigenvalue weighted by atomic mass is 10.00. The molecule has 0 bridgehead atoms. The smallest absolute Gasteiger partial charge is 0.415 e. The first-order chi connectivity index (χ1) is 14.6. The van der Waals surface area contributed by atoms with Crippen molar-refractivity contribution in [3.05, 3.63) is 50.1 Å². The molecule has 1 fully saturated rings. The third kappa shape index (κ3) is 4.70. The Labute approximate surface area is 188 Å². The van der Waals surface area contributed by atoms with Gasteiger partial charge < -0.3 is 24.9 Å². The van der Waals surface area contributed by atoms with Gasteiger partial charge in [-0.05, 0) is 42.0 Å². The molecule has 2 aromatic rings. The molecule has 1 aromatic heterocycles. The number of halogens is 2. The largest absolute Gasteiger partial charge is 0.465 e. The van der Waals surface area contributed by atoms with E-state index in [4.69, 9.17) is 27.9 Å². The van der Waals surface area contributed by atoms with E-state index in [1.54, 1.807) is 22.8 Å². The van der Waals surface area contributed by atoms with Crippen LogP contribution in [-0.2, 0) is 13.0 Å². The third-order valence-electron chi connectivity index (χ3n) is 5.52. The topological polar surface area (TPSA) is 114 Å². The van der Waals surface area contributed by atoms with E-state index < -0.39 is 16.6 Å². The van der Waals surface area contributed by atoms with E-state index in [1.165, 1.54) is 11.1 Å². The first kappa shape index (κ1) is 21.7. The van der Waals surface area contributed by atoms with Crippen molar-refractivity contribution in [3.8, 4) is 6.01 Å². The predicted octanol–water partition coefficient (Wildman–Crippen LogP) is 3.16. The Hall–Kier alpha value is -2.56. The molecule has 10 nitrogen and oxygen atoms in total. The monoisotopic (exact) mass is 469 g/mol. The second kappa shape index (κ2) is 8.18. The zero-order valence-corrected chi connectivity index (χ0v) is 18.2. The van der Waals surface area contributed by atoms with E-state index in [0.717, 1.165) is 5.56 Å². The number of imidazole rings is 1. The van der Waals surface area contributed by atoms with Crippen LogP contribution in [0.4, 0.5) is 10.6 Å². The zero-order valence-electron chi connectivity index (χ0n) is 16.7. The maximum Gasteiger partial charge on any atom is 0.415 e. The fraction of sp³-hybridized carbons (Fsp3) is 0.474. The van der Waals surface area contributed by atoms with Gasteiger partial charge in [-0.15, -0.1) is 0 Å². The number of hydrogen-bond donors (Lipinski definition) is 1. The maximum absolute atomic E-state index is 11.8. The number of rotatable bonds is 5. The summed E-state index contributed by atoms with van der Waals surface area (Å²) in [5.74, 6) is -0.243. The number of carbonyl (C=O) groups is 1. The average molecular weight is 470 g/mol. The number of amides is 1. The van der Waals surface area contributed by atoms with Crippen LogP contribution in [0, 0.1) is 10.1 Å². The van der Waals surface area contributed by atoms with Gasteiger partial charge in [-0.2, -0.15) is 0 Å². The van der Waals surface area contributed by atoms with Gasteiger partial charge in [-0.3, -0.25) is 9.47 Å². The average Bonchev–Trinajstić information content (AvgIpc) is 3.15. The fourth-order valence-corrected chi connectivity index (χ4v) is 4.90. The van der Waals surface area contributed by atoms with E-state index in [9.17, 15) is 20.0 Å². The summed E-state index contributed by atoms with van der Waals surface area (Å²) in [4.78, 5) is 29.6. The van der Waals surface area contributed by atoms with Gasteiger partial charge in [0.05, 0.1) is 12.6 Å². The van der Waals surface area contributed by atoms with Crippen LogP contribution in [0.3, 0.4) is 0 Å². The summed E-state index contributed by atoms with van der Waals surface area (Å²) < 4.78 is 7.56. The van der Waals surface area contributed by atoms with Crippen molar-refractivity contribution >= 4 is 35.1 Å². The highest BCUT2D eigenvalue weighted by Crippen LogP contribution is 2.32. The summed E-state index contributed by atoms with van der Waals surface area (Å²) in [7, 11) is 0. The summed E-state index contributed by atoms with van der Waals surface area (Å²) >= 11 is 12.2. The lowest BCUT2D eigenvalue weighted by Crippen LogP contribution is -2.58. The molecule has 0 saturated carbocycles. The summed E-state index contributed by atoms with van der Waals surface area (Å²) in [6.07, 6.45) is 0.886. The van der Waals surface area contributed by atoms with Crippen LogP contribution in [0.15, 0.2) is 24.4 Å². The van der Waals surface area contributed by atoms with Crippen LogP contribution >= 0.6 is 23.2 Å². The van der Waals surface area contributed by atoms with E-state index in [1.807, 2.05) is 6.92 Å². The van der Waals surface area contributed by atoms with Crippen molar-refractivity contribution in [2.24, 2.45) is 0 Å². The van der Waals surface area contributed by atoms with Gasteiger partial charge in [0, 0.05) is 41.2 Å². The molecule has 1 amide bonds. The van der Waals surface area contributed by atoms with E-state index in [2.05, 4.69) is 9.88 Å². The molecular weight excluding hydrogens is 449 g/mol. The summed E-state index contributed by atoms with van der Waals surface area (Å²) in [6, 6.07) is 5.17. The standard InChI is InChI=1S/C19H21Cl2N5O5/c1-19(11-24-9-16(26(29)30)22-17(24)31-19)10-23-2-3-25(18(27)28)15(8-23)6-12-4-13(20)7-14(21)5-12/h4-5,7,9,15H,2-3,6,8,10-11H2,1H3,(H,27,28). The van der Waals surface area contributed by atoms with E-state index in [0.29, 0.717) is 49.2 Å². The van der Waals surface area contributed by atoms with Crippen molar-refractivity contribution in [2.45, 2.75) is 31.5 Å². The van der Waals surface area contributed by atoms with Crippen LogP contribution in [0.5, 0.6) is 6.01 Å².